The molecule has 0 aliphatic carbocycles. The van der Waals surface area contributed by atoms with Crippen LogP contribution < -0.4 is 5.32 Å². The summed E-state index contributed by atoms with van der Waals surface area (Å²) in [6.45, 7) is 8.30. The number of hydrogen-bond donors (Lipinski definition) is 1. The van der Waals surface area contributed by atoms with Gasteiger partial charge in [0.15, 0.2) is 0 Å². The Kier molecular flexibility index (Phi) is 6.49. The molecule has 0 saturated carbocycles. The number of nitrogens with zero attached hydrogens (tertiary/aromatic N) is 1. The number of hydrogen-bond acceptors (Lipinski definition) is 3. The number of aryl methyl sites for hydroxylation is 2. The fourth-order valence-corrected chi connectivity index (χ4v) is 2.85. The molecule has 0 fully saturated rings. The molecular formula is C15H21ClN2S. The van der Waals surface area contributed by atoms with Crippen molar-refractivity contribution < 1.29 is 0 Å². The van der Waals surface area contributed by atoms with Gasteiger partial charge in [-0.25, -0.2) is 4.98 Å². The van der Waals surface area contributed by atoms with Crippen LogP contribution in [-0.4, -0.2) is 11.5 Å². The maximum absolute atomic E-state index is 4.73. The molecule has 0 bridgehead atoms. The molecule has 2 aromatic rings. The highest BCUT2D eigenvalue weighted by atomic mass is 35.5. The Balaban J connectivity index is 0.00000180. The number of thiazole rings is 1. The second-order valence-corrected chi connectivity index (χ2v) is 5.63. The number of rotatable bonds is 5. The molecule has 0 unspecified atom stereocenters. The van der Waals surface area contributed by atoms with Crippen LogP contribution in [0.2, 0.25) is 0 Å². The van der Waals surface area contributed by atoms with E-state index in [1.165, 1.54) is 21.0 Å². The third-order valence-electron chi connectivity index (χ3n) is 3.00. The first-order valence-electron chi connectivity index (χ1n) is 6.51. The number of benzene rings is 1. The average Bonchev–Trinajstić information content (AvgIpc) is 2.78. The summed E-state index contributed by atoms with van der Waals surface area (Å²) in [6.07, 6.45) is 1.09. The van der Waals surface area contributed by atoms with Crippen LogP contribution in [0.4, 0.5) is 0 Å². The topological polar surface area (TPSA) is 24.9 Å². The highest BCUT2D eigenvalue weighted by Gasteiger charge is 2.09. The molecule has 0 atom stereocenters. The van der Waals surface area contributed by atoms with Gasteiger partial charge in [0.05, 0.1) is 5.69 Å². The molecule has 0 saturated heterocycles. The lowest BCUT2D eigenvalue weighted by Gasteiger charge is -2.01. The Labute approximate surface area is 125 Å². The van der Waals surface area contributed by atoms with Gasteiger partial charge < -0.3 is 5.32 Å². The molecular weight excluding hydrogens is 276 g/mol. The normalized spacial score (nSPS) is 10.3. The number of nitrogens with one attached hydrogen (secondary N) is 1. The SMILES string of the molecule is CCNCc1nc(-c2ccc(CC)cc2)c(C)s1.Cl. The molecule has 0 radical (unpaired) electrons. The third-order valence-corrected chi connectivity index (χ3v) is 3.97. The van der Waals surface area contributed by atoms with E-state index in [0.717, 1.165) is 25.2 Å². The molecule has 1 N–H and O–H groups in total. The van der Waals surface area contributed by atoms with Crippen LogP contribution in [0.3, 0.4) is 0 Å². The summed E-state index contributed by atoms with van der Waals surface area (Å²) < 4.78 is 0. The lowest BCUT2D eigenvalue weighted by Crippen LogP contribution is -2.11. The summed E-state index contributed by atoms with van der Waals surface area (Å²) in [4.78, 5) is 6.03. The standard InChI is InChI=1S/C15H20N2S.ClH/c1-4-12-6-8-13(9-7-12)15-11(3)18-14(17-15)10-16-5-2;/h6-9,16H,4-5,10H2,1-3H3;1H. The van der Waals surface area contributed by atoms with Crippen molar-refractivity contribution in [2.24, 2.45) is 0 Å². The first kappa shape index (κ1) is 16.2. The Morgan fingerprint density at radius 1 is 1.16 bits per heavy atom. The Morgan fingerprint density at radius 2 is 1.84 bits per heavy atom. The van der Waals surface area contributed by atoms with Gasteiger partial charge in [0, 0.05) is 17.0 Å². The summed E-state index contributed by atoms with van der Waals surface area (Å²) >= 11 is 1.79. The summed E-state index contributed by atoms with van der Waals surface area (Å²) in [7, 11) is 0. The first-order chi connectivity index (χ1) is 8.74. The van der Waals surface area contributed by atoms with E-state index < -0.39 is 0 Å². The van der Waals surface area contributed by atoms with Crippen molar-refractivity contribution in [3.8, 4) is 11.3 Å². The van der Waals surface area contributed by atoms with Crippen LogP contribution in [0.1, 0.15) is 29.3 Å². The van der Waals surface area contributed by atoms with Crippen LogP contribution in [0.25, 0.3) is 11.3 Å². The summed E-state index contributed by atoms with van der Waals surface area (Å²) in [5.74, 6) is 0. The molecule has 2 nitrogen and oxygen atoms in total. The monoisotopic (exact) mass is 296 g/mol. The fourth-order valence-electron chi connectivity index (χ4n) is 1.92. The highest BCUT2D eigenvalue weighted by Crippen LogP contribution is 2.27. The second-order valence-electron chi connectivity index (χ2n) is 4.34. The van der Waals surface area contributed by atoms with Gasteiger partial charge in [0.2, 0.25) is 0 Å². The van der Waals surface area contributed by atoms with E-state index in [1.54, 1.807) is 11.3 Å². The molecule has 104 valence electrons. The summed E-state index contributed by atoms with van der Waals surface area (Å²) in [6, 6.07) is 8.74. The van der Waals surface area contributed by atoms with Crippen molar-refractivity contribution in [2.45, 2.75) is 33.7 Å². The van der Waals surface area contributed by atoms with E-state index in [-0.39, 0.29) is 12.4 Å². The van der Waals surface area contributed by atoms with Crippen LogP contribution in [0.15, 0.2) is 24.3 Å². The van der Waals surface area contributed by atoms with Crippen molar-refractivity contribution in [1.29, 1.82) is 0 Å². The van der Waals surface area contributed by atoms with Crippen molar-refractivity contribution in [3.63, 3.8) is 0 Å². The van der Waals surface area contributed by atoms with Crippen LogP contribution >= 0.6 is 23.7 Å². The Morgan fingerprint density at radius 3 is 2.42 bits per heavy atom. The maximum atomic E-state index is 4.73. The second kappa shape index (κ2) is 7.63. The summed E-state index contributed by atoms with van der Waals surface area (Å²) in [5.41, 5.74) is 3.73. The van der Waals surface area contributed by atoms with Gasteiger partial charge in [-0.2, -0.15) is 0 Å². The van der Waals surface area contributed by atoms with Crippen LogP contribution in [0, 0.1) is 6.92 Å². The highest BCUT2D eigenvalue weighted by molar-refractivity contribution is 7.12. The predicted octanol–water partition coefficient (Wildman–Crippen LogP) is 4.21. The van der Waals surface area contributed by atoms with E-state index in [0.29, 0.717) is 0 Å². The molecule has 0 spiro atoms. The van der Waals surface area contributed by atoms with E-state index in [4.69, 9.17) is 4.98 Å². The van der Waals surface area contributed by atoms with Gasteiger partial charge in [0.25, 0.3) is 0 Å². The molecule has 4 heteroatoms. The average molecular weight is 297 g/mol. The molecule has 0 aliphatic rings. The number of halogens is 1. The fraction of sp³-hybridized carbons (Fsp3) is 0.400. The van der Waals surface area contributed by atoms with Crippen molar-refractivity contribution in [1.82, 2.24) is 10.3 Å². The van der Waals surface area contributed by atoms with E-state index in [9.17, 15) is 0 Å². The van der Waals surface area contributed by atoms with Gasteiger partial charge in [-0.05, 0) is 25.5 Å². The predicted molar refractivity (Wildman–Crippen MR) is 86.3 cm³/mol. The van der Waals surface area contributed by atoms with E-state index in [1.807, 2.05) is 0 Å². The summed E-state index contributed by atoms with van der Waals surface area (Å²) in [5, 5.41) is 4.49. The quantitative estimate of drug-likeness (QED) is 0.894. The Hall–Kier alpha value is -0.900. The first-order valence-corrected chi connectivity index (χ1v) is 7.32. The smallest absolute Gasteiger partial charge is 0.107 e. The minimum atomic E-state index is 0. The maximum Gasteiger partial charge on any atom is 0.107 e. The van der Waals surface area contributed by atoms with Gasteiger partial charge in [-0.3, -0.25) is 0 Å². The molecule has 2 rings (SSSR count). The van der Waals surface area contributed by atoms with Gasteiger partial charge in [-0.1, -0.05) is 38.1 Å². The van der Waals surface area contributed by atoms with Crippen molar-refractivity contribution in [3.05, 3.63) is 39.7 Å². The molecule has 0 aliphatic heterocycles. The van der Waals surface area contributed by atoms with Crippen molar-refractivity contribution >= 4 is 23.7 Å². The van der Waals surface area contributed by atoms with Crippen LogP contribution in [-0.2, 0) is 13.0 Å². The zero-order valence-electron chi connectivity index (χ0n) is 11.7. The molecule has 1 aromatic heterocycles. The van der Waals surface area contributed by atoms with Gasteiger partial charge >= 0.3 is 0 Å². The molecule has 1 aromatic carbocycles. The zero-order valence-corrected chi connectivity index (χ0v) is 13.3. The van der Waals surface area contributed by atoms with Gasteiger partial charge in [0.1, 0.15) is 5.01 Å². The minimum absolute atomic E-state index is 0. The Bertz CT molecular complexity index is 505. The van der Waals surface area contributed by atoms with Crippen LogP contribution in [0.5, 0.6) is 0 Å². The largest absolute Gasteiger partial charge is 0.311 e. The molecule has 0 amide bonds. The van der Waals surface area contributed by atoms with Gasteiger partial charge in [-0.15, -0.1) is 23.7 Å². The van der Waals surface area contributed by atoms with E-state index in [2.05, 4.69) is 50.4 Å². The third kappa shape index (κ3) is 4.03. The molecule has 1 heterocycles. The van der Waals surface area contributed by atoms with E-state index >= 15 is 0 Å². The van der Waals surface area contributed by atoms with Crippen molar-refractivity contribution in [2.75, 3.05) is 6.54 Å². The lowest BCUT2D eigenvalue weighted by molar-refractivity contribution is 0.723. The zero-order chi connectivity index (χ0) is 13.0. The number of aromatic nitrogens is 1. The molecule has 19 heavy (non-hydrogen) atoms. The lowest BCUT2D eigenvalue weighted by atomic mass is 10.1. The minimum Gasteiger partial charge on any atom is -0.311 e.